The van der Waals surface area contributed by atoms with E-state index < -0.39 is 0 Å². The number of hydrogen-bond donors (Lipinski definition) is 5. The molecule has 192 valence electrons. The molecule has 4 aromatic rings. The van der Waals surface area contributed by atoms with Crippen LogP contribution in [0.4, 0.5) is 16.2 Å². The third-order valence-electron chi connectivity index (χ3n) is 6.16. The van der Waals surface area contributed by atoms with E-state index in [0.717, 1.165) is 29.6 Å². The standard InChI is InChI=1S/C28H33N7O2/c1-35(2)16-14-23(34-28(37)30-15-13-19-17-31-24-9-5-3-7-21(19)24)20-11-12-26(32-18-20)27(36)33-25-10-6-4-8-22(25)29/h3-12,17-18,23,31H,13-16,29H2,1-2H3,(H,33,36)(H2,30,34,37). The third kappa shape index (κ3) is 6.86. The van der Waals surface area contributed by atoms with Crippen molar-refractivity contribution in [3.63, 3.8) is 0 Å². The summed E-state index contributed by atoms with van der Waals surface area (Å²) in [6, 6.07) is 18.1. The Morgan fingerprint density at radius 3 is 2.59 bits per heavy atom. The van der Waals surface area contributed by atoms with Crippen LogP contribution in [-0.4, -0.2) is 54.0 Å². The number of benzene rings is 2. The van der Waals surface area contributed by atoms with Gasteiger partial charge in [-0.25, -0.2) is 4.79 Å². The van der Waals surface area contributed by atoms with Crippen molar-refractivity contribution in [1.29, 1.82) is 0 Å². The highest BCUT2D eigenvalue weighted by atomic mass is 16.2. The minimum atomic E-state index is -0.350. The summed E-state index contributed by atoms with van der Waals surface area (Å²) in [5.74, 6) is -0.350. The van der Waals surface area contributed by atoms with E-state index in [2.05, 4.69) is 36.9 Å². The maximum atomic E-state index is 12.7. The normalized spacial score (nSPS) is 11.9. The zero-order valence-corrected chi connectivity index (χ0v) is 21.1. The Morgan fingerprint density at radius 1 is 1.05 bits per heavy atom. The number of anilines is 2. The molecule has 0 aliphatic rings. The number of aromatic nitrogens is 2. The van der Waals surface area contributed by atoms with Gasteiger partial charge in [-0.05, 0) is 68.9 Å². The van der Waals surface area contributed by atoms with E-state index in [0.29, 0.717) is 24.3 Å². The van der Waals surface area contributed by atoms with Crippen LogP contribution in [0.15, 0.2) is 73.1 Å². The second-order valence-electron chi connectivity index (χ2n) is 9.17. The topological polar surface area (TPSA) is 128 Å². The number of para-hydroxylation sites is 3. The largest absolute Gasteiger partial charge is 0.397 e. The predicted molar refractivity (Wildman–Crippen MR) is 147 cm³/mol. The Hall–Kier alpha value is -4.37. The molecule has 0 saturated heterocycles. The van der Waals surface area contributed by atoms with Crippen LogP contribution >= 0.6 is 0 Å². The fourth-order valence-electron chi connectivity index (χ4n) is 4.11. The first kappa shape index (κ1) is 25.7. The van der Waals surface area contributed by atoms with Gasteiger partial charge in [-0.1, -0.05) is 36.4 Å². The monoisotopic (exact) mass is 499 g/mol. The molecule has 0 aliphatic carbocycles. The first-order chi connectivity index (χ1) is 17.9. The molecule has 1 unspecified atom stereocenters. The zero-order valence-electron chi connectivity index (χ0n) is 21.1. The molecule has 4 rings (SSSR count). The summed E-state index contributed by atoms with van der Waals surface area (Å²) in [5.41, 5.74) is 10.3. The molecule has 0 bridgehead atoms. The van der Waals surface area contributed by atoms with E-state index in [1.807, 2.05) is 44.6 Å². The van der Waals surface area contributed by atoms with Gasteiger partial charge >= 0.3 is 6.03 Å². The second-order valence-corrected chi connectivity index (χ2v) is 9.17. The molecule has 0 radical (unpaired) electrons. The average molecular weight is 500 g/mol. The zero-order chi connectivity index (χ0) is 26.2. The van der Waals surface area contributed by atoms with Crippen LogP contribution in [0.3, 0.4) is 0 Å². The van der Waals surface area contributed by atoms with Gasteiger partial charge in [0, 0.05) is 29.8 Å². The first-order valence-corrected chi connectivity index (χ1v) is 12.3. The molecule has 0 fully saturated rings. The fraction of sp³-hybridized carbons (Fsp3) is 0.250. The summed E-state index contributed by atoms with van der Waals surface area (Å²) in [4.78, 5) is 35.0. The number of nitrogen functional groups attached to an aromatic ring is 1. The van der Waals surface area contributed by atoms with Gasteiger partial charge in [0.15, 0.2) is 0 Å². The molecule has 2 aromatic carbocycles. The van der Waals surface area contributed by atoms with Gasteiger partial charge in [0.2, 0.25) is 0 Å². The SMILES string of the molecule is CN(C)CCC(NC(=O)NCCc1c[nH]c2ccccc12)c1ccc(C(=O)Nc2ccccc2N)nc1. The van der Waals surface area contributed by atoms with Crippen molar-refractivity contribution in [3.8, 4) is 0 Å². The number of fused-ring (bicyclic) bond motifs is 1. The lowest BCUT2D eigenvalue weighted by atomic mass is 10.1. The number of H-pyrrole nitrogens is 1. The van der Waals surface area contributed by atoms with Crippen molar-refractivity contribution >= 4 is 34.2 Å². The smallest absolute Gasteiger partial charge is 0.315 e. The average Bonchev–Trinajstić information content (AvgIpc) is 3.31. The molecule has 1 atom stereocenters. The lowest BCUT2D eigenvalue weighted by Crippen LogP contribution is -2.39. The summed E-state index contributed by atoms with van der Waals surface area (Å²) < 4.78 is 0. The number of hydrogen-bond acceptors (Lipinski definition) is 5. The van der Waals surface area contributed by atoms with Crippen LogP contribution in [-0.2, 0) is 6.42 Å². The molecular weight excluding hydrogens is 466 g/mol. The van der Waals surface area contributed by atoms with Gasteiger partial charge in [-0.15, -0.1) is 0 Å². The number of nitrogens with zero attached hydrogens (tertiary/aromatic N) is 2. The first-order valence-electron chi connectivity index (χ1n) is 12.3. The summed E-state index contributed by atoms with van der Waals surface area (Å²) in [6.07, 6.45) is 5.03. The molecule has 37 heavy (non-hydrogen) atoms. The minimum absolute atomic E-state index is 0.245. The molecular formula is C28H33N7O2. The summed E-state index contributed by atoms with van der Waals surface area (Å²) >= 11 is 0. The molecule has 2 aromatic heterocycles. The van der Waals surface area contributed by atoms with E-state index in [-0.39, 0.29) is 23.7 Å². The van der Waals surface area contributed by atoms with Gasteiger partial charge in [0.05, 0.1) is 17.4 Å². The Kier molecular flexibility index (Phi) is 8.37. The number of amides is 3. The Labute approximate surface area is 216 Å². The van der Waals surface area contributed by atoms with Crippen LogP contribution in [0.1, 0.15) is 34.1 Å². The van der Waals surface area contributed by atoms with Crippen LogP contribution in [0.25, 0.3) is 10.9 Å². The number of carbonyl (C=O) groups excluding carboxylic acids is 2. The van der Waals surface area contributed by atoms with Gasteiger partial charge < -0.3 is 31.6 Å². The number of rotatable bonds is 10. The van der Waals surface area contributed by atoms with Crippen LogP contribution in [0, 0.1) is 0 Å². The molecule has 9 heteroatoms. The Bertz CT molecular complexity index is 1350. The van der Waals surface area contributed by atoms with E-state index >= 15 is 0 Å². The number of nitrogens with two attached hydrogens (primary N) is 1. The van der Waals surface area contributed by atoms with Gasteiger partial charge in [0.25, 0.3) is 5.91 Å². The molecule has 0 aliphatic heterocycles. The van der Waals surface area contributed by atoms with E-state index in [4.69, 9.17) is 5.73 Å². The maximum absolute atomic E-state index is 12.7. The van der Waals surface area contributed by atoms with E-state index in [9.17, 15) is 9.59 Å². The quantitative estimate of drug-likeness (QED) is 0.211. The van der Waals surface area contributed by atoms with Crippen LogP contribution < -0.4 is 21.7 Å². The molecule has 3 amide bonds. The number of urea groups is 1. The Balaban J connectivity index is 1.36. The molecule has 0 saturated carbocycles. The van der Waals surface area contributed by atoms with Crippen LogP contribution in [0.2, 0.25) is 0 Å². The lowest BCUT2D eigenvalue weighted by molar-refractivity contribution is 0.102. The van der Waals surface area contributed by atoms with Crippen molar-refractivity contribution in [2.75, 3.05) is 38.2 Å². The number of pyridine rings is 1. The third-order valence-corrected chi connectivity index (χ3v) is 6.16. The fourth-order valence-corrected chi connectivity index (χ4v) is 4.11. The highest BCUT2D eigenvalue weighted by Gasteiger charge is 2.17. The minimum Gasteiger partial charge on any atom is -0.397 e. The second kappa shape index (κ2) is 12.0. The van der Waals surface area contributed by atoms with Crippen LogP contribution in [0.5, 0.6) is 0 Å². The molecule has 6 N–H and O–H groups in total. The van der Waals surface area contributed by atoms with Crippen molar-refractivity contribution in [3.05, 3.63) is 89.9 Å². The van der Waals surface area contributed by atoms with Crippen molar-refractivity contribution < 1.29 is 9.59 Å². The lowest BCUT2D eigenvalue weighted by Gasteiger charge is -2.21. The molecule has 2 heterocycles. The van der Waals surface area contributed by atoms with Crippen molar-refractivity contribution in [2.24, 2.45) is 0 Å². The maximum Gasteiger partial charge on any atom is 0.315 e. The van der Waals surface area contributed by atoms with E-state index in [1.165, 1.54) is 5.39 Å². The Morgan fingerprint density at radius 2 is 1.84 bits per heavy atom. The summed E-state index contributed by atoms with van der Waals surface area (Å²) in [5, 5.41) is 9.97. The number of aromatic amines is 1. The molecule has 9 nitrogen and oxygen atoms in total. The number of nitrogens with one attached hydrogen (secondary N) is 4. The van der Waals surface area contributed by atoms with Crippen molar-refractivity contribution in [2.45, 2.75) is 18.9 Å². The summed E-state index contributed by atoms with van der Waals surface area (Å²) in [7, 11) is 3.97. The van der Waals surface area contributed by atoms with Gasteiger partial charge in [-0.3, -0.25) is 9.78 Å². The van der Waals surface area contributed by atoms with Crippen molar-refractivity contribution in [1.82, 2.24) is 25.5 Å². The number of carbonyl (C=O) groups is 2. The molecule has 0 spiro atoms. The predicted octanol–water partition coefficient (Wildman–Crippen LogP) is 3.93. The van der Waals surface area contributed by atoms with Gasteiger partial charge in [-0.2, -0.15) is 0 Å². The highest BCUT2D eigenvalue weighted by molar-refractivity contribution is 6.04. The van der Waals surface area contributed by atoms with E-state index in [1.54, 1.807) is 36.5 Å². The highest BCUT2D eigenvalue weighted by Crippen LogP contribution is 2.20. The summed E-state index contributed by atoms with van der Waals surface area (Å²) in [6.45, 7) is 1.28. The van der Waals surface area contributed by atoms with Gasteiger partial charge in [0.1, 0.15) is 5.69 Å².